The molecule has 7 heteroatoms. The molecule has 0 unspecified atom stereocenters. The summed E-state index contributed by atoms with van der Waals surface area (Å²) in [4.78, 5) is 0.0444. The number of hydrogen-bond acceptors (Lipinski definition) is 3. The average molecular weight is 312 g/mol. The molecule has 0 bridgehead atoms. The fourth-order valence-corrected chi connectivity index (χ4v) is 3.23. The molecule has 0 spiro atoms. The molecule has 1 rings (SSSR count). The summed E-state index contributed by atoms with van der Waals surface area (Å²) in [6.45, 7) is 3.29. The Bertz CT molecular complexity index is 529. The van der Waals surface area contributed by atoms with Gasteiger partial charge in [0.05, 0.1) is 14.9 Å². The molecular formula is C11H15Cl2NO3S. The summed E-state index contributed by atoms with van der Waals surface area (Å²) < 4.78 is 26.7. The molecule has 0 aromatic heterocycles. The van der Waals surface area contributed by atoms with Gasteiger partial charge in [0, 0.05) is 12.1 Å². The first-order chi connectivity index (χ1) is 8.18. The van der Waals surface area contributed by atoms with Crippen LogP contribution in [0.5, 0.6) is 0 Å². The van der Waals surface area contributed by atoms with Crippen LogP contribution in [0.15, 0.2) is 23.1 Å². The minimum absolute atomic E-state index is 0.0444. The van der Waals surface area contributed by atoms with Crippen LogP contribution in [-0.2, 0) is 10.0 Å². The molecule has 0 aliphatic heterocycles. The number of sulfonamides is 1. The number of nitrogens with one attached hydrogen (secondary N) is 1. The van der Waals surface area contributed by atoms with Gasteiger partial charge in [0.2, 0.25) is 10.0 Å². The van der Waals surface area contributed by atoms with Crippen molar-refractivity contribution in [3.63, 3.8) is 0 Å². The molecule has 0 fully saturated rings. The lowest BCUT2D eigenvalue weighted by molar-refractivity contribution is 0.246. The maximum absolute atomic E-state index is 12.1. The van der Waals surface area contributed by atoms with Gasteiger partial charge in [-0.3, -0.25) is 0 Å². The lowest BCUT2D eigenvalue weighted by atomic mass is 10.0. The summed E-state index contributed by atoms with van der Waals surface area (Å²) in [5.41, 5.74) is -0.736. The summed E-state index contributed by atoms with van der Waals surface area (Å²) in [7, 11) is -3.68. The number of rotatable bonds is 5. The third-order valence-corrected chi connectivity index (χ3v) is 4.78. The van der Waals surface area contributed by atoms with E-state index in [1.807, 2.05) is 0 Å². The zero-order valence-electron chi connectivity index (χ0n) is 10.1. The van der Waals surface area contributed by atoms with Crippen molar-refractivity contribution in [1.29, 1.82) is 0 Å². The molecule has 0 amide bonds. The Morgan fingerprint density at radius 3 is 2.39 bits per heavy atom. The quantitative estimate of drug-likeness (QED) is 0.877. The van der Waals surface area contributed by atoms with Gasteiger partial charge in [0.1, 0.15) is 0 Å². The number of benzene rings is 1. The van der Waals surface area contributed by atoms with E-state index in [9.17, 15) is 8.42 Å². The van der Waals surface area contributed by atoms with Gasteiger partial charge in [-0.25, -0.2) is 13.1 Å². The Balaban J connectivity index is 3.03. The van der Waals surface area contributed by atoms with Crippen LogP contribution in [0.25, 0.3) is 0 Å². The van der Waals surface area contributed by atoms with Gasteiger partial charge in [0.25, 0.3) is 0 Å². The van der Waals surface area contributed by atoms with E-state index in [1.54, 1.807) is 13.8 Å². The predicted molar refractivity (Wildman–Crippen MR) is 72.6 cm³/mol. The van der Waals surface area contributed by atoms with Crippen molar-refractivity contribution in [1.82, 2.24) is 4.72 Å². The van der Waals surface area contributed by atoms with Crippen LogP contribution in [0.1, 0.15) is 20.3 Å². The van der Waals surface area contributed by atoms with Gasteiger partial charge >= 0.3 is 0 Å². The zero-order valence-corrected chi connectivity index (χ0v) is 12.4. The Kier molecular flexibility index (Phi) is 5.03. The largest absolute Gasteiger partial charge is 0.396 e. The molecule has 2 N–H and O–H groups in total. The fourth-order valence-electron chi connectivity index (χ4n) is 1.40. The first-order valence-electron chi connectivity index (χ1n) is 5.28. The second kappa shape index (κ2) is 5.75. The van der Waals surface area contributed by atoms with Crippen LogP contribution in [-0.4, -0.2) is 25.7 Å². The molecule has 18 heavy (non-hydrogen) atoms. The summed E-state index contributed by atoms with van der Waals surface area (Å²) in [6.07, 6.45) is 0.313. The van der Waals surface area contributed by atoms with Crippen LogP contribution in [0.4, 0.5) is 0 Å². The van der Waals surface area contributed by atoms with E-state index in [0.717, 1.165) is 0 Å². The normalized spacial score (nSPS) is 12.7. The van der Waals surface area contributed by atoms with Crippen molar-refractivity contribution < 1.29 is 13.5 Å². The molecule has 0 saturated carbocycles. The third-order valence-electron chi connectivity index (χ3n) is 2.35. The molecule has 0 saturated heterocycles. The number of hydrogen-bond donors (Lipinski definition) is 2. The predicted octanol–water partition coefficient (Wildman–Crippen LogP) is 2.43. The summed E-state index contributed by atoms with van der Waals surface area (Å²) in [5.74, 6) is 0. The van der Waals surface area contributed by atoms with Crippen molar-refractivity contribution in [2.45, 2.75) is 30.7 Å². The van der Waals surface area contributed by atoms with Crippen LogP contribution in [0.3, 0.4) is 0 Å². The Morgan fingerprint density at radius 1 is 1.28 bits per heavy atom. The molecule has 0 aliphatic rings. The fraction of sp³-hybridized carbons (Fsp3) is 0.455. The number of aliphatic hydroxyl groups is 1. The average Bonchev–Trinajstić information content (AvgIpc) is 2.20. The molecule has 0 aliphatic carbocycles. The summed E-state index contributed by atoms with van der Waals surface area (Å²) >= 11 is 11.5. The smallest absolute Gasteiger partial charge is 0.241 e. The van der Waals surface area contributed by atoms with Crippen molar-refractivity contribution >= 4 is 33.2 Å². The Morgan fingerprint density at radius 2 is 1.89 bits per heavy atom. The summed E-state index contributed by atoms with van der Waals surface area (Å²) in [5, 5.41) is 9.35. The highest BCUT2D eigenvalue weighted by molar-refractivity contribution is 7.89. The van der Waals surface area contributed by atoms with E-state index in [0.29, 0.717) is 11.4 Å². The SMILES string of the molecule is CC(C)(CCO)NS(=O)(=O)c1ccc(Cl)c(Cl)c1. The van der Waals surface area contributed by atoms with E-state index < -0.39 is 15.6 Å². The van der Waals surface area contributed by atoms with Crippen LogP contribution in [0, 0.1) is 0 Å². The minimum Gasteiger partial charge on any atom is -0.396 e. The van der Waals surface area contributed by atoms with Gasteiger partial charge in [-0.05, 0) is 38.5 Å². The first-order valence-corrected chi connectivity index (χ1v) is 7.52. The molecule has 102 valence electrons. The van der Waals surface area contributed by atoms with Crippen molar-refractivity contribution in [2.75, 3.05) is 6.61 Å². The third kappa shape index (κ3) is 4.10. The molecular weight excluding hydrogens is 297 g/mol. The van der Waals surface area contributed by atoms with E-state index in [-0.39, 0.29) is 16.5 Å². The van der Waals surface area contributed by atoms with E-state index in [1.165, 1.54) is 18.2 Å². The molecule has 0 atom stereocenters. The monoisotopic (exact) mass is 311 g/mol. The Hall–Kier alpha value is -0.330. The highest BCUT2D eigenvalue weighted by atomic mass is 35.5. The van der Waals surface area contributed by atoms with Crippen LogP contribution < -0.4 is 4.72 Å². The highest BCUT2D eigenvalue weighted by Crippen LogP contribution is 2.25. The first kappa shape index (κ1) is 15.7. The number of aliphatic hydroxyl groups excluding tert-OH is 1. The maximum Gasteiger partial charge on any atom is 0.241 e. The van der Waals surface area contributed by atoms with Crippen LogP contribution >= 0.6 is 23.2 Å². The van der Waals surface area contributed by atoms with Gasteiger partial charge in [-0.1, -0.05) is 23.2 Å². The van der Waals surface area contributed by atoms with Crippen molar-refractivity contribution in [3.8, 4) is 0 Å². The topological polar surface area (TPSA) is 66.4 Å². The lowest BCUT2D eigenvalue weighted by Gasteiger charge is -2.25. The highest BCUT2D eigenvalue weighted by Gasteiger charge is 2.26. The van der Waals surface area contributed by atoms with Gasteiger partial charge in [0.15, 0.2) is 0 Å². The molecule has 0 radical (unpaired) electrons. The van der Waals surface area contributed by atoms with E-state index >= 15 is 0 Å². The standard InChI is InChI=1S/C11H15Cl2NO3S/c1-11(2,5-6-15)14-18(16,17)8-3-4-9(12)10(13)7-8/h3-4,7,14-15H,5-6H2,1-2H3. The second-order valence-electron chi connectivity index (χ2n) is 4.54. The van der Waals surface area contributed by atoms with Crippen molar-refractivity contribution in [2.24, 2.45) is 0 Å². The zero-order chi connectivity index (χ0) is 14.0. The van der Waals surface area contributed by atoms with E-state index in [2.05, 4.69) is 4.72 Å². The minimum atomic E-state index is -3.68. The van der Waals surface area contributed by atoms with Gasteiger partial charge in [-0.15, -0.1) is 0 Å². The Labute approximate surface area is 117 Å². The lowest BCUT2D eigenvalue weighted by Crippen LogP contribution is -2.43. The summed E-state index contributed by atoms with van der Waals surface area (Å²) in [6, 6.07) is 4.10. The van der Waals surface area contributed by atoms with E-state index in [4.69, 9.17) is 28.3 Å². The molecule has 1 aromatic carbocycles. The molecule has 0 heterocycles. The molecule has 1 aromatic rings. The second-order valence-corrected chi connectivity index (χ2v) is 7.04. The van der Waals surface area contributed by atoms with Crippen LogP contribution in [0.2, 0.25) is 10.0 Å². The van der Waals surface area contributed by atoms with Gasteiger partial charge in [-0.2, -0.15) is 0 Å². The van der Waals surface area contributed by atoms with Crippen molar-refractivity contribution in [3.05, 3.63) is 28.2 Å². The molecule has 4 nitrogen and oxygen atoms in total. The maximum atomic E-state index is 12.1. The number of halogens is 2. The van der Waals surface area contributed by atoms with Gasteiger partial charge < -0.3 is 5.11 Å².